The summed E-state index contributed by atoms with van der Waals surface area (Å²) in [6.45, 7) is 7.98. The van der Waals surface area contributed by atoms with Crippen LogP contribution >= 0.6 is 11.6 Å². The lowest BCUT2D eigenvalue weighted by Crippen LogP contribution is -2.27. The quantitative estimate of drug-likeness (QED) is 0.316. The molecule has 4 rings (SSSR count). The normalized spacial score (nSPS) is 10.9. The molecule has 1 aromatic heterocycles. The van der Waals surface area contributed by atoms with Crippen molar-refractivity contribution < 1.29 is 4.79 Å². The first kappa shape index (κ1) is 24.5. The largest absolute Gasteiger partial charge is 0.321 e. The fourth-order valence-electron chi connectivity index (χ4n) is 4.54. The van der Waals surface area contributed by atoms with Crippen LogP contribution < -0.4 is 10.7 Å². The van der Waals surface area contributed by atoms with Crippen LogP contribution in [0.15, 0.2) is 77.6 Å². The Morgan fingerprint density at radius 1 is 0.886 bits per heavy atom. The van der Waals surface area contributed by atoms with Crippen LogP contribution in [-0.2, 0) is 12.8 Å². The van der Waals surface area contributed by atoms with Crippen molar-refractivity contribution in [3.8, 4) is 16.9 Å². The van der Waals surface area contributed by atoms with E-state index in [0.717, 1.165) is 46.6 Å². The first-order chi connectivity index (χ1) is 16.8. The summed E-state index contributed by atoms with van der Waals surface area (Å²) in [6, 6.07) is 22.8. The molecule has 1 heterocycles. The van der Waals surface area contributed by atoms with Gasteiger partial charge >= 0.3 is 0 Å². The van der Waals surface area contributed by atoms with Gasteiger partial charge in [0.15, 0.2) is 5.43 Å². The maximum Gasteiger partial charge on any atom is 0.261 e. The number of carbonyl (C=O) groups excluding carboxylic acids is 1. The van der Waals surface area contributed by atoms with Crippen LogP contribution in [-0.4, -0.2) is 10.5 Å². The van der Waals surface area contributed by atoms with Crippen molar-refractivity contribution in [2.24, 2.45) is 0 Å². The molecule has 35 heavy (non-hydrogen) atoms. The minimum atomic E-state index is -0.443. The number of aromatic nitrogens is 1. The lowest BCUT2D eigenvalue weighted by Gasteiger charge is -2.22. The highest BCUT2D eigenvalue weighted by molar-refractivity contribution is 6.33. The summed E-state index contributed by atoms with van der Waals surface area (Å²) in [5, 5.41) is 3.55. The smallest absolute Gasteiger partial charge is 0.261 e. The van der Waals surface area contributed by atoms with Crippen molar-refractivity contribution >= 4 is 23.2 Å². The lowest BCUT2D eigenvalue weighted by molar-refractivity contribution is 0.102. The first-order valence-electron chi connectivity index (χ1n) is 11.9. The van der Waals surface area contributed by atoms with Gasteiger partial charge in [0.2, 0.25) is 0 Å². The van der Waals surface area contributed by atoms with Crippen molar-refractivity contribution in [1.29, 1.82) is 0 Å². The minimum Gasteiger partial charge on any atom is -0.321 e. The predicted molar refractivity (Wildman–Crippen MR) is 145 cm³/mol. The van der Waals surface area contributed by atoms with Gasteiger partial charge in [-0.05, 0) is 61.6 Å². The fraction of sp³-hybridized carbons (Fsp3) is 0.200. The Kier molecular flexibility index (Phi) is 7.23. The van der Waals surface area contributed by atoms with Gasteiger partial charge in [0.1, 0.15) is 5.56 Å². The summed E-state index contributed by atoms with van der Waals surface area (Å²) in [4.78, 5) is 27.3. The Morgan fingerprint density at radius 2 is 1.54 bits per heavy atom. The monoisotopic (exact) mass is 484 g/mol. The van der Waals surface area contributed by atoms with Gasteiger partial charge in [-0.25, -0.2) is 0 Å². The number of pyridine rings is 1. The number of halogens is 1. The molecule has 0 fully saturated rings. The fourth-order valence-corrected chi connectivity index (χ4v) is 4.76. The molecule has 0 aliphatic rings. The number of hydrogen-bond donors (Lipinski definition) is 1. The molecule has 4 nitrogen and oxygen atoms in total. The molecule has 1 amide bonds. The Labute approximate surface area is 211 Å². The Morgan fingerprint density at radius 3 is 2.17 bits per heavy atom. The Bertz CT molecular complexity index is 1450. The van der Waals surface area contributed by atoms with Crippen molar-refractivity contribution in [3.63, 3.8) is 0 Å². The molecule has 178 valence electrons. The van der Waals surface area contributed by atoms with Gasteiger partial charge in [0.25, 0.3) is 5.91 Å². The number of nitrogens with zero attached hydrogens (tertiary/aromatic N) is 1. The predicted octanol–water partition coefficient (Wildman–Crippen LogP) is 7.15. The summed E-state index contributed by atoms with van der Waals surface area (Å²) in [5.41, 5.74) is 6.31. The third kappa shape index (κ3) is 4.80. The van der Waals surface area contributed by atoms with E-state index in [1.807, 2.05) is 79.1 Å². The van der Waals surface area contributed by atoms with Crippen molar-refractivity contribution in [3.05, 3.63) is 116 Å². The Balaban J connectivity index is 2.02. The van der Waals surface area contributed by atoms with Gasteiger partial charge in [0, 0.05) is 33.7 Å². The van der Waals surface area contributed by atoms with E-state index in [1.54, 1.807) is 6.07 Å². The summed E-state index contributed by atoms with van der Waals surface area (Å²) in [6.07, 6.45) is 1.53. The molecular weight excluding hydrogens is 456 g/mol. The average Bonchev–Trinajstić information content (AvgIpc) is 2.84. The van der Waals surface area contributed by atoms with E-state index < -0.39 is 5.91 Å². The summed E-state index contributed by atoms with van der Waals surface area (Å²) in [7, 11) is 0. The first-order valence-corrected chi connectivity index (χ1v) is 12.2. The second-order valence-corrected chi connectivity index (χ2v) is 9.05. The molecule has 0 aliphatic carbocycles. The molecule has 0 unspecified atom stereocenters. The number of benzene rings is 3. The summed E-state index contributed by atoms with van der Waals surface area (Å²) >= 11 is 6.64. The van der Waals surface area contributed by atoms with Gasteiger partial charge in [-0.1, -0.05) is 74.0 Å². The molecule has 1 N–H and O–H groups in total. The van der Waals surface area contributed by atoms with Gasteiger partial charge in [0.05, 0.1) is 5.69 Å². The Hall–Kier alpha value is -3.63. The second-order valence-electron chi connectivity index (χ2n) is 8.64. The SMILES string of the molecule is CCc1cccc(CC)c1NC(=O)c1c(-c2ccccc2Cl)n(-c2cccc(C)c2)c(C)cc1=O. The number of rotatable bonds is 6. The molecule has 0 saturated heterocycles. The van der Waals surface area contributed by atoms with Crippen molar-refractivity contribution in [2.75, 3.05) is 5.32 Å². The molecule has 5 heteroatoms. The van der Waals surface area contributed by atoms with Crippen LogP contribution in [0, 0.1) is 13.8 Å². The molecule has 0 saturated carbocycles. The molecule has 4 aromatic rings. The zero-order valence-electron chi connectivity index (χ0n) is 20.5. The van der Waals surface area contributed by atoms with Gasteiger partial charge < -0.3 is 9.88 Å². The van der Waals surface area contributed by atoms with Crippen LogP contribution in [0.4, 0.5) is 5.69 Å². The highest BCUT2D eigenvalue weighted by Crippen LogP contribution is 2.33. The lowest BCUT2D eigenvalue weighted by atomic mass is 10.00. The molecule has 0 radical (unpaired) electrons. The van der Waals surface area contributed by atoms with Crippen LogP contribution in [0.2, 0.25) is 5.02 Å². The van der Waals surface area contributed by atoms with E-state index in [0.29, 0.717) is 16.3 Å². The number of hydrogen-bond acceptors (Lipinski definition) is 2. The maximum absolute atomic E-state index is 13.9. The highest BCUT2D eigenvalue weighted by Gasteiger charge is 2.25. The van der Waals surface area contributed by atoms with Crippen LogP contribution in [0.1, 0.15) is 46.6 Å². The molecule has 0 atom stereocenters. The number of anilines is 1. The van der Waals surface area contributed by atoms with E-state index in [4.69, 9.17) is 11.6 Å². The van der Waals surface area contributed by atoms with Crippen LogP contribution in [0.5, 0.6) is 0 Å². The number of aryl methyl sites for hydroxylation is 4. The van der Waals surface area contributed by atoms with Gasteiger partial charge in [-0.15, -0.1) is 0 Å². The topological polar surface area (TPSA) is 51.1 Å². The van der Waals surface area contributed by atoms with Gasteiger partial charge in [-0.2, -0.15) is 0 Å². The van der Waals surface area contributed by atoms with E-state index in [1.165, 1.54) is 6.07 Å². The molecule has 0 spiro atoms. The summed E-state index contributed by atoms with van der Waals surface area (Å²) in [5.74, 6) is -0.443. The van der Waals surface area contributed by atoms with E-state index >= 15 is 0 Å². The number of nitrogens with one attached hydrogen (secondary N) is 1. The van der Waals surface area contributed by atoms with Crippen molar-refractivity contribution in [2.45, 2.75) is 40.5 Å². The number of amides is 1. The molecule has 0 aliphatic heterocycles. The molecule has 3 aromatic carbocycles. The maximum atomic E-state index is 13.9. The third-order valence-electron chi connectivity index (χ3n) is 6.25. The summed E-state index contributed by atoms with van der Waals surface area (Å²) < 4.78 is 1.94. The zero-order chi connectivity index (χ0) is 25.1. The third-order valence-corrected chi connectivity index (χ3v) is 6.58. The standard InChI is InChI=1S/C30H29ClN2O2/c1-5-21-12-10-13-22(6-2)28(21)32-30(35)27-26(34)18-20(4)33(23-14-9-11-19(3)17-23)29(27)24-15-7-8-16-25(24)31/h7-18H,5-6H2,1-4H3,(H,32,35). The number of para-hydroxylation sites is 1. The molecular formula is C30H29ClN2O2. The number of carbonyl (C=O) groups is 1. The van der Waals surface area contributed by atoms with E-state index in [-0.39, 0.29) is 11.0 Å². The zero-order valence-corrected chi connectivity index (χ0v) is 21.2. The van der Waals surface area contributed by atoms with Crippen LogP contribution in [0.3, 0.4) is 0 Å². The second kappa shape index (κ2) is 10.3. The highest BCUT2D eigenvalue weighted by atomic mass is 35.5. The molecule has 0 bridgehead atoms. The van der Waals surface area contributed by atoms with Crippen molar-refractivity contribution in [1.82, 2.24) is 4.57 Å². The minimum absolute atomic E-state index is 0.0677. The average molecular weight is 485 g/mol. The van der Waals surface area contributed by atoms with E-state index in [2.05, 4.69) is 19.2 Å². The van der Waals surface area contributed by atoms with E-state index in [9.17, 15) is 9.59 Å². The van der Waals surface area contributed by atoms with Crippen LogP contribution in [0.25, 0.3) is 16.9 Å². The van der Waals surface area contributed by atoms with Gasteiger partial charge in [-0.3, -0.25) is 9.59 Å².